The second-order valence-electron chi connectivity index (χ2n) is 3.81. The number of alkyl halides is 2. The number of halogens is 2. The first-order valence-electron chi connectivity index (χ1n) is 5.55. The van der Waals surface area contributed by atoms with E-state index < -0.39 is 10.7 Å². The number of hydrogen-bond donors (Lipinski definition) is 1. The van der Waals surface area contributed by atoms with Crippen molar-refractivity contribution in [2.45, 2.75) is 17.2 Å². The summed E-state index contributed by atoms with van der Waals surface area (Å²) in [4.78, 5) is 10.6. The summed E-state index contributed by atoms with van der Waals surface area (Å²) in [6.45, 7) is 0.450. The van der Waals surface area contributed by atoms with Gasteiger partial charge in [0.15, 0.2) is 0 Å². The summed E-state index contributed by atoms with van der Waals surface area (Å²) in [6, 6.07) is 8.13. The Kier molecular flexibility index (Phi) is 4.91. The van der Waals surface area contributed by atoms with Gasteiger partial charge in [0.2, 0.25) is 0 Å². The van der Waals surface area contributed by atoms with E-state index in [1.165, 1.54) is 6.07 Å². The molecule has 0 aliphatic heterocycles. The number of hydrogen-bond acceptors (Lipinski definition) is 5. The number of anilines is 1. The highest BCUT2D eigenvalue weighted by atomic mass is 32.2. The Morgan fingerprint density at radius 3 is 2.60 bits per heavy atom. The molecule has 0 radical (unpaired) electrons. The molecule has 20 heavy (non-hydrogen) atoms. The predicted octanol–water partition coefficient (Wildman–Crippen LogP) is 4.58. The molecule has 0 bridgehead atoms. The molecule has 106 valence electrons. The molecule has 0 saturated heterocycles. The Morgan fingerprint density at radius 1 is 1.35 bits per heavy atom. The highest BCUT2D eigenvalue weighted by Crippen LogP contribution is 2.27. The molecule has 8 heteroatoms. The van der Waals surface area contributed by atoms with Crippen molar-refractivity contribution in [1.82, 2.24) is 0 Å². The van der Waals surface area contributed by atoms with Gasteiger partial charge in [-0.05, 0) is 29.8 Å². The standard InChI is InChI=1S/C12H10F2N2O2S2/c13-12(14)20-10-3-1-9(2-4-10)15-6-8-5-11(16(17)18)19-7-8/h1-5,7,12,15H,6H2. The maximum atomic E-state index is 12.2. The van der Waals surface area contributed by atoms with Crippen LogP contribution in [-0.2, 0) is 6.54 Å². The molecule has 4 nitrogen and oxygen atoms in total. The lowest BCUT2D eigenvalue weighted by Crippen LogP contribution is -1.97. The average Bonchev–Trinajstić information content (AvgIpc) is 2.86. The van der Waals surface area contributed by atoms with E-state index >= 15 is 0 Å². The van der Waals surface area contributed by atoms with E-state index in [1.54, 1.807) is 29.6 Å². The van der Waals surface area contributed by atoms with E-state index in [1.807, 2.05) is 0 Å². The van der Waals surface area contributed by atoms with Crippen molar-refractivity contribution in [2.24, 2.45) is 0 Å². The van der Waals surface area contributed by atoms with Gasteiger partial charge in [-0.25, -0.2) is 0 Å². The van der Waals surface area contributed by atoms with E-state index in [2.05, 4.69) is 5.32 Å². The van der Waals surface area contributed by atoms with Crippen LogP contribution in [-0.4, -0.2) is 10.7 Å². The molecule has 0 aliphatic rings. The summed E-state index contributed by atoms with van der Waals surface area (Å²) < 4.78 is 24.3. The molecule has 0 aliphatic carbocycles. The van der Waals surface area contributed by atoms with Gasteiger partial charge in [-0.1, -0.05) is 23.1 Å². The zero-order valence-corrected chi connectivity index (χ0v) is 11.7. The minimum atomic E-state index is -2.43. The third-order valence-electron chi connectivity index (χ3n) is 2.40. The number of thioether (sulfide) groups is 1. The normalized spacial score (nSPS) is 10.8. The van der Waals surface area contributed by atoms with E-state index in [4.69, 9.17) is 0 Å². The van der Waals surface area contributed by atoms with Crippen molar-refractivity contribution in [2.75, 3.05) is 5.32 Å². The van der Waals surface area contributed by atoms with Gasteiger partial charge >= 0.3 is 5.00 Å². The fraction of sp³-hybridized carbons (Fsp3) is 0.167. The summed E-state index contributed by atoms with van der Waals surface area (Å²) in [5.74, 6) is -2.43. The highest BCUT2D eigenvalue weighted by molar-refractivity contribution is 7.99. The molecular weight excluding hydrogens is 306 g/mol. The van der Waals surface area contributed by atoms with Crippen LogP contribution in [0.15, 0.2) is 40.6 Å². The Labute approximate surface area is 122 Å². The van der Waals surface area contributed by atoms with E-state index in [0.29, 0.717) is 23.2 Å². The zero-order chi connectivity index (χ0) is 14.5. The van der Waals surface area contributed by atoms with Crippen molar-refractivity contribution in [3.05, 3.63) is 51.4 Å². The number of nitro groups is 1. The predicted molar refractivity (Wildman–Crippen MR) is 76.6 cm³/mol. The Balaban J connectivity index is 1.91. The van der Waals surface area contributed by atoms with Gasteiger partial charge in [-0.2, -0.15) is 8.78 Å². The summed E-state index contributed by atoms with van der Waals surface area (Å²) >= 11 is 1.57. The lowest BCUT2D eigenvalue weighted by molar-refractivity contribution is -0.380. The van der Waals surface area contributed by atoms with Crippen molar-refractivity contribution in [1.29, 1.82) is 0 Å². The SMILES string of the molecule is O=[N+]([O-])c1cc(CNc2ccc(SC(F)F)cc2)cs1. The third kappa shape index (κ3) is 4.17. The molecule has 0 amide bonds. The molecule has 0 spiro atoms. The largest absolute Gasteiger partial charge is 0.381 e. The fourth-order valence-electron chi connectivity index (χ4n) is 1.51. The second kappa shape index (κ2) is 6.67. The van der Waals surface area contributed by atoms with Gasteiger partial charge < -0.3 is 5.32 Å². The summed E-state index contributed by atoms with van der Waals surface area (Å²) in [5, 5.41) is 15.4. The molecule has 2 rings (SSSR count). The quantitative estimate of drug-likeness (QED) is 0.481. The molecule has 1 aromatic carbocycles. The molecule has 0 saturated carbocycles. The van der Waals surface area contributed by atoms with Crippen molar-refractivity contribution in [3.63, 3.8) is 0 Å². The number of rotatable bonds is 6. The van der Waals surface area contributed by atoms with Gasteiger partial charge in [0.05, 0.1) is 4.92 Å². The molecule has 0 unspecified atom stereocenters. The smallest absolute Gasteiger partial charge is 0.324 e. The average molecular weight is 316 g/mol. The van der Waals surface area contributed by atoms with Gasteiger partial charge in [0, 0.05) is 28.6 Å². The van der Waals surface area contributed by atoms with Crippen LogP contribution in [0.25, 0.3) is 0 Å². The van der Waals surface area contributed by atoms with Gasteiger partial charge in [0.1, 0.15) is 0 Å². The topological polar surface area (TPSA) is 55.2 Å². The van der Waals surface area contributed by atoms with Crippen molar-refractivity contribution >= 4 is 33.8 Å². The lowest BCUT2D eigenvalue weighted by atomic mass is 10.3. The van der Waals surface area contributed by atoms with Crippen LogP contribution in [0.1, 0.15) is 5.56 Å². The first-order chi connectivity index (χ1) is 9.54. The van der Waals surface area contributed by atoms with Crippen LogP contribution in [0.2, 0.25) is 0 Å². The fourth-order valence-corrected chi connectivity index (χ4v) is 2.74. The van der Waals surface area contributed by atoms with Crippen LogP contribution in [0, 0.1) is 10.1 Å². The number of thiophene rings is 1. The van der Waals surface area contributed by atoms with Gasteiger partial charge in [0.25, 0.3) is 5.76 Å². The molecular formula is C12H10F2N2O2S2. The van der Waals surface area contributed by atoms with E-state index in [0.717, 1.165) is 22.6 Å². The summed E-state index contributed by atoms with van der Waals surface area (Å²) in [7, 11) is 0. The van der Waals surface area contributed by atoms with Crippen molar-refractivity contribution in [3.8, 4) is 0 Å². The van der Waals surface area contributed by atoms with Crippen LogP contribution in [0.4, 0.5) is 19.5 Å². The molecule has 2 aromatic rings. The Hall–Kier alpha value is -1.67. The maximum Gasteiger partial charge on any atom is 0.324 e. The number of benzene rings is 1. The lowest BCUT2D eigenvalue weighted by Gasteiger charge is -2.06. The zero-order valence-electron chi connectivity index (χ0n) is 10.1. The van der Waals surface area contributed by atoms with Gasteiger partial charge in [-0.3, -0.25) is 10.1 Å². The summed E-state index contributed by atoms with van der Waals surface area (Å²) in [6.07, 6.45) is 0. The monoisotopic (exact) mass is 316 g/mol. The highest BCUT2D eigenvalue weighted by Gasteiger charge is 2.09. The van der Waals surface area contributed by atoms with Crippen LogP contribution in [0.5, 0.6) is 0 Å². The van der Waals surface area contributed by atoms with Crippen LogP contribution >= 0.6 is 23.1 Å². The van der Waals surface area contributed by atoms with Crippen molar-refractivity contribution < 1.29 is 13.7 Å². The molecule has 1 aromatic heterocycles. The van der Waals surface area contributed by atoms with Gasteiger partial charge in [-0.15, -0.1) is 0 Å². The Morgan fingerprint density at radius 2 is 2.05 bits per heavy atom. The van der Waals surface area contributed by atoms with E-state index in [9.17, 15) is 18.9 Å². The minimum Gasteiger partial charge on any atom is -0.381 e. The minimum absolute atomic E-state index is 0.102. The van der Waals surface area contributed by atoms with Crippen LogP contribution in [0.3, 0.4) is 0 Å². The summed E-state index contributed by atoms with van der Waals surface area (Å²) in [5.41, 5.74) is 1.59. The molecule has 0 fully saturated rings. The van der Waals surface area contributed by atoms with Crippen LogP contribution < -0.4 is 5.32 Å². The number of nitrogens with one attached hydrogen (secondary N) is 1. The number of nitrogens with zero attached hydrogens (tertiary/aromatic N) is 1. The molecule has 1 heterocycles. The first-order valence-corrected chi connectivity index (χ1v) is 7.31. The molecule has 1 N–H and O–H groups in total. The third-order valence-corrected chi connectivity index (χ3v) is 4.05. The second-order valence-corrected chi connectivity index (χ2v) is 5.76. The Bertz CT molecular complexity index is 587. The van der Waals surface area contributed by atoms with E-state index in [-0.39, 0.29) is 5.00 Å². The first kappa shape index (κ1) is 14.7. The molecule has 0 atom stereocenters. The maximum absolute atomic E-state index is 12.2.